The number of unbranched alkanes of at least 4 members (excludes halogenated alkanes) is 10. The van der Waals surface area contributed by atoms with Crippen LogP contribution in [0, 0.1) is 5.41 Å². The van der Waals surface area contributed by atoms with Crippen LogP contribution in [-0.4, -0.2) is 92.1 Å². The molecule has 0 fully saturated rings. The first kappa shape index (κ1) is 45.8. The van der Waals surface area contributed by atoms with E-state index in [1.807, 2.05) is 0 Å². The Hall–Kier alpha value is 0.340. The lowest BCUT2D eigenvalue weighted by Crippen LogP contribution is -3.11. The number of quaternary nitrogens is 2. The van der Waals surface area contributed by atoms with Crippen molar-refractivity contribution in [2.45, 2.75) is 119 Å². The van der Waals surface area contributed by atoms with E-state index in [0.717, 1.165) is 78.5 Å². The summed E-state index contributed by atoms with van der Waals surface area (Å²) >= 11 is 0. The molecule has 0 aliphatic heterocycles. The number of hydrogen-bond donors (Lipinski definition) is 2. The number of hydrogen-bond acceptors (Lipinski definition) is 4. The maximum atomic E-state index is 6.33. The number of likely N-dealkylation sites (N-methyl/N-ethyl adjacent to an activating group) is 2. The zero-order valence-electron chi connectivity index (χ0n) is 28.3. The molecule has 0 heterocycles. The fraction of sp³-hybridized carbons (Fsp3) is 1.00. The van der Waals surface area contributed by atoms with Crippen LogP contribution < -0.4 is 9.80 Å². The second-order valence-corrected chi connectivity index (χ2v) is 11.7. The zero-order chi connectivity index (χ0) is 28.9. The quantitative estimate of drug-likeness (QED) is 0.0968. The third kappa shape index (κ3) is 27.6. The summed E-state index contributed by atoms with van der Waals surface area (Å²) < 4.78 is 25.3. The smallest absolute Gasteiger partial charge is 0.101 e. The van der Waals surface area contributed by atoms with Gasteiger partial charge in [-0.1, -0.05) is 78.1 Å². The van der Waals surface area contributed by atoms with E-state index in [1.165, 1.54) is 64.2 Å². The highest BCUT2D eigenvalue weighted by atomic mass is 35.5. The highest BCUT2D eigenvalue weighted by molar-refractivity contribution is 5.85. The Morgan fingerprint density at radius 2 is 0.683 bits per heavy atom. The molecule has 6 nitrogen and oxygen atoms in total. The van der Waals surface area contributed by atoms with Gasteiger partial charge in [-0.3, -0.25) is 0 Å². The van der Waals surface area contributed by atoms with Crippen molar-refractivity contribution < 1.29 is 28.7 Å². The molecule has 2 N–H and O–H groups in total. The largest absolute Gasteiger partial charge is 0.381 e. The van der Waals surface area contributed by atoms with Crippen LogP contribution in [0.3, 0.4) is 0 Å². The van der Waals surface area contributed by atoms with E-state index in [-0.39, 0.29) is 30.2 Å². The highest BCUT2D eigenvalue weighted by Crippen LogP contribution is 2.21. The molecule has 0 atom stereocenters. The minimum Gasteiger partial charge on any atom is -0.381 e. The second-order valence-electron chi connectivity index (χ2n) is 11.7. The Morgan fingerprint density at radius 1 is 0.390 bits per heavy atom. The van der Waals surface area contributed by atoms with Crippen LogP contribution in [0.2, 0.25) is 0 Å². The van der Waals surface area contributed by atoms with Gasteiger partial charge in [0.05, 0.1) is 71.2 Å². The number of nitrogens with one attached hydrogen (secondary N) is 2. The minimum absolute atomic E-state index is 0. The van der Waals surface area contributed by atoms with Gasteiger partial charge in [-0.05, 0) is 40.5 Å². The molecule has 0 saturated carbocycles. The summed E-state index contributed by atoms with van der Waals surface area (Å²) in [6.45, 7) is 26.0. The molecule has 8 heteroatoms. The molecular weight excluding hydrogens is 559 g/mol. The van der Waals surface area contributed by atoms with Crippen LogP contribution in [0.15, 0.2) is 0 Å². The molecule has 0 aromatic rings. The monoisotopic (exact) mass is 633 g/mol. The predicted octanol–water partition coefficient (Wildman–Crippen LogP) is 5.45. The lowest BCUT2D eigenvalue weighted by atomic mass is 9.92. The first-order chi connectivity index (χ1) is 19.1. The molecular formula is C33H74Cl2N2O4+2. The van der Waals surface area contributed by atoms with Crippen LogP contribution in [-0.2, 0) is 18.9 Å². The van der Waals surface area contributed by atoms with E-state index < -0.39 is 0 Å². The molecule has 0 rings (SSSR count). The van der Waals surface area contributed by atoms with Crippen LogP contribution in [0.25, 0.3) is 0 Å². The van der Waals surface area contributed by atoms with E-state index in [4.69, 9.17) is 18.9 Å². The summed E-state index contributed by atoms with van der Waals surface area (Å²) in [6, 6.07) is 0. The molecule has 0 aromatic carbocycles. The van der Waals surface area contributed by atoms with Gasteiger partial charge in [-0.15, -0.1) is 24.8 Å². The van der Waals surface area contributed by atoms with Crippen molar-refractivity contribution in [3.05, 3.63) is 0 Å². The molecule has 0 saturated heterocycles. The Morgan fingerprint density at radius 3 is 1.00 bits per heavy atom. The molecule has 0 aliphatic carbocycles. The number of rotatable bonds is 32. The maximum Gasteiger partial charge on any atom is 0.101 e. The Kier molecular flexibility index (Phi) is 38.9. The van der Waals surface area contributed by atoms with Gasteiger partial charge >= 0.3 is 0 Å². The van der Waals surface area contributed by atoms with Crippen LogP contribution in [0.5, 0.6) is 0 Å². The number of halogens is 2. The Bertz CT molecular complexity index is 442. The molecule has 0 radical (unpaired) electrons. The summed E-state index contributed by atoms with van der Waals surface area (Å²) in [6.07, 6.45) is 15.4. The molecule has 41 heavy (non-hydrogen) atoms. The predicted molar refractivity (Wildman–Crippen MR) is 181 cm³/mol. The van der Waals surface area contributed by atoms with Gasteiger partial charge in [0.25, 0.3) is 0 Å². The molecule has 0 aliphatic rings. The average molecular weight is 634 g/mol. The highest BCUT2D eigenvalue weighted by Gasteiger charge is 2.33. The summed E-state index contributed by atoms with van der Waals surface area (Å²) in [4.78, 5) is 3.16. The van der Waals surface area contributed by atoms with Crippen molar-refractivity contribution in [2.24, 2.45) is 5.41 Å². The normalized spacial score (nSPS) is 11.7. The lowest BCUT2D eigenvalue weighted by Gasteiger charge is -2.33. The van der Waals surface area contributed by atoms with E-state index in [1.54, 1.807) is 9.80 Å². The maximum absolute atomic E-state index is 6.33. The molecule has 0 aromatic heterocycles. The standard InChI is InChI=1S/C33H70N2O4.2ClH/c1-7-13-15-17-19-21-25-36-29-33(31-38-27-23-34(9-3)10-4,32-39-28-24-35(11-5)12-6)30-37-26-22-20-18-16-14-8-2;;/h7-32H2,1-6H3;2*1H/p+2. The Labute approximate surface area is 269 Å². The van der Waals surface area contributed by atoms with Crippen molar-refractivity contribution in [1.29, 1.82) is 0 Å². The molecule has 252 valence electrons. The van der Waals surface area contributed by atoms with Crippen LogP contribution in [0.4, 0.5) is 0 Å². The third-order valence-corrected chi connectivity index (χ3v) is 8.12. The van der Waals surface area contributed by atoms with E-state index in [2.05, 4.69) is 41.5 Å². The summed E-state index contributed by atoms with van der Waals surface area (Å²) in [5.74, 6) is 0. The average Bonchev–Trinajstić information content (AvgIpc) is 2.96. The van der Waals surface area contributed by atoms with Crippen molar-refractivity contribution in [3.63, 3.8) is 0 Å². The van der Waals surface area contributed by atoms with Gasteiger partial charge in [0.1, 0.15) is 13.1 Å². The summed E-state index contributed by atoms with van der Waals surface area (Å²) in [7, 11) is 0. The SMILES string of the molecule is CCCCCCCCOCC(COCCCCCCCC)(COCC[NH+](CC)CC)COCC[NH+](CC)CC.Cl.Cl. The van der Waals surface area contributed by atoms with E-state index in [9.17, 15) is 0 Å². The van der Waals surface area contributed by atoms with Gasteiger partial charge < -0.3 is 28.7 Å². The minimum atomic E-state index is -0.248. The Balaban J connectivity index is -0.00000722. The second kappa shape index (κ2) is 34.8. The van der Waals surface area contributed by atoms with Crippen molar-refractivity contribution >= 4 is 24.8 Å². The fourth-order valence-corrected chi connectivity index (χ4v) is 5.01. The zero-order valence-corrected chi connectivity index (χ0v) is 30.0. The van der Waals surface area contributed by atoms with Gasteiger partial charge in [-0.25, -0.2) is 0 Å². The molecule has 0 spiro atoms. The van der Waals surface area contributed by atoms with E-state index >= 15 is 0 Å². The van der Waals surface area contributed by atoms with E-state index in [0.29, 0.717) is 26.4 Å². The number of ether oxygens (including phenoxy) is 4. The first-order valence-corrected chi connectivity index (χ1v) is 17.1. The van der Waals surface area contributed by atoms with Gasteiger partial charge in [0.2, 0.25) is 0 Å². The van der Waals surface area contributed by atoms with Gasteiger partial charge in [-0.2, -0.15) is 0 Å². The summed E-state index contributed by atoms with van der Waals surface area (Å²) in [5.41, 5.74) is -0.248. The van der Waals surface area contributed by atoms with Crippen molar-refractivity contribution in [1.82, 2.24) is 0 Å². The van der Waals surface area contributed by atoms with Gasteiger partial charge in [0, 0.05) is 13.2 Å². The first-order valence-electron chi connectivity index (χ1n) is 17.1. The molecule has 0 amide bonds. The lowest BCUT2D eigenvalue weighted by molar-refractivity contribution is -0.896. The van der Waals surface area contributed by atoms with Crippen LogP contribution in [0.1, 0.15) is 119 Å². The van der Waals surface area contributed by atoms with Crippen molar-refractivity contribution in [3.8, 4) is 0 Å². The van der Waals surface area contributed by atoms with Crippen molar-refractivity contribution in [2.75, 3.05) is 92.1 Å². The summed E-state index contributed by atoms with van der Waals surface area (Å²) in [5, 5.41) is 0. The molecule has 0 bridgehead atoms. The van der Waals surface area contributed by atoms with Crippen LogP contribution >= 0.6 is 24.8 Å². The third-order valence-electron chi connectivity index (χ3n) is 8.12. The topological polar surface area (TPSA) is 45.8 Å². The fourth-order valence-electron chi connectivity index (χ4n) is 5.01. The molecule has 0 unspecified atom stereocenters. The van der Waals surface area contributed by atoms with Gasteiger partial charge in [0.15, 0.2) is 0 Å².